The fraction of sp³-hybridized carbons (Fsp3) is 0.471. The van der Waals surface area contributed by atoms with Crippen LogP contribution in [-0.2, 0) is 28.4 Å². The lowest BCUT2D eigenvalue weighted by Gasteiger charge is -2.43. The number of amides is 1. The summed E-state index contributed by atoms with van der Waals surface area (Å²) in [5.74, 6) is -0.902. The summed E-state index contributed by atoms with van der Waals surface area (Å²) in [6.45, 7) is 4.11. The number of piperidine rings is 1. The van der Waals surface area contributed by atoms with Gasteiger partial charge in [-0.25, -0.2) is 14.8 Å². The van der Waals surface area contributed by atoms with Gasteiger partial charge in [0.2, 0.25) is 5.88 Å². The Hall–Kier alpha value is -4.76. The molecule has 270 valence electrons. The molecule has 0 bridgehead atoms. The highest BCUT2D eigenvalue weighted by atomic mass is 19.4. The predicted octanol–water partition coefficient (Wildman–Crippen LogP) is 7.72. The molecule has 1 fully saturated rings. The van der Waals surface area contributed by atoms with Crippen LogP contribution in [0.4, 0.5) is 48.3 Å². The Labute approximate surface area is 284 Å². The number of methoxy groups -OCH3 is 1. The van der Waals surface area contributed by atoms with Crippen LogP contribution in [0.3, 0.4) is 0 Å². The highest BCUT2D eigenvalue weighted by Crippen LogP contribution is 2.44. The molecule has 2 aromatic heterocycles. The van der Waals surface area contributed by atoms with Gasteiger partial charge in [0.1, 0.15) is 5.82 Å². The van der Waals surface area contributed by atoms with Crippen LogP contribution >= 0.6 is 0 Å². The standard InChI is InChI=1S/C34H37F6N5O5/c1-4-24-17-27(30-26(7-9-29(42-30)49-3)45(24)32(48)50-5-2)44(19-20-14-22(33(35,36)37)16-23(15-20)34(38,39)40)28-8-6-25(18-41-28)43-12-10-21(11-13-43)31(46)47/h6-9,14-16,18,21,24,27H,4-5,10-13,17,19H2,1-3H3,(H,46,47)/t24-,27?/m1/s1. The van der Waals surface area contributed by atoms with Crippen molar-refractivity contribution >= 4 is 29.3 Å². The van der Waals surface area contributed by atoms with Gasteiger partial charge in [-0.3, -0.25) is 9.69 Å². The number of aliphatic carboxylic acids is 1. The van der Waals surface area contributed by atoms with Crippen LogP contribution in [0, 0.1) is 5.92 Å². The average molecular weight is 710 g/mol. The van der Waals surface area contributed by atoms with Crippen molar-refractivity contribution in [3.05, 3.63) is 71.0 Å². The Bertz CT molecular complexity index is 1650. The van der Waals surface area contributed by atoms with Crippen molar-refractivity contribution < 1.29 is 50.5 Å². The number of alkyl halides is 6. The van der Waals surface area contributed by atoms with Gasteiger partial charge in [0.15, 0.2) is 0 Å². The Balaban J connectivity index is 1.63. The Kier molecular flexibility index (Phi) is 10.7. The van der Waals surface area contributed by atoms with Crippen LogP contribution in [0.25, 0.3) is 0 Å². The molecule has 50 heavy (non-hydrogen) atoms. The zero-order valence-electron chi connectivity index (χ0n) is 27.6. The minimum absolute atomic E-state index is 0.0844. The van der Waals surface area contributed by atoms with Gasteiger partial charge in [-0.1, -0.05) is 6.92 Å². The molecular weight excluding hydrogens is 672 g/mol. The molecule has 5 rings (SSSR count). The van der Waals surface area contributed by atoms with Crippen LogP contribution in [0.5, 0.6) is 5.88 Å². The molecule has 10 nitrogen and oxygen atoms in total. The van der Waals surface area contributed by atoms with Gasteiger partial charge in [0.05, 0.1) is 60.1 Å². The van der Waals surface area contributed by atoms with Gasteiger partial charge < -0.3 is 24.4 Å². The number of halogens is 6. The summed E-state index contributed by atoms with van der Waals surface area (Å²) in [7, 11) is 1.39. The summed E-state index contributed by atoms with van der Waals surface area (Å²) >= 11 is 0. The van der Waals surface area contributed by atoms with Crippen LogP contribution in [0.15, 0.2) is 48.7 Å². The second-order valence-electron chi connectivity index (χ2n) is 12.2. The van der Waals surface area contributed by atoms with Crippen molar-refractivity contribution in [3.63, 3.8) is 0 Å². The minimum Gasteiger partial charge on any atom is -0.481 e. The molecule has 0 saturated carbocycles. The number of aromatic nitrogens is 2. The Morgan fingerprint density at radius 2 is 1.64 bits per heavy atom. The molecule has 1 amide bonds. The van der Waals surface area contributed by atoms with E-state index in [4.69, 9.17) is 9.47 Å². The quantitative estimate of drug-likeness (QED) is 0.224. The first-order chi connectivity index (χ1) is 23.6. The van der Waals surface area contributed by atoms with E-state index in [1.807, 2.05) is 11.8 Å². The first-order valence-corrected chi connectivity index (χ1v) is 16.1. The molecule has 3 aromatic rings. The molecule has 0 radical (unpaired) electrons. The van der Waals surface area contributed by atoms with Crippen LogP contribution in [-0.4, -0.2) is 60.0 Å². The number of anilines is 3. The van der Waals surface area contributed by atoms with E-state index in [1.54, 1.807) is 42.3 Å². The topological polar surface area (TPSA) is 108 Å². The van der Waals surface area contributed by atoms with E-state index >= 15 is 0 Å². The van der Waals surface area contributed by atoms with Gasteiger partial charge in [-0.05, 0) is 74.6 Å². The number of pyridine rings is 2. The highest BCUT2D eigenvalue weighted by Gasteiger charge is 2.42. The van der Waals surface area contributed by atoms with Crippen LogP contribution in [0.2, 0.25) is 0 Å². The van der Waals surface area contributed by atoms with Crippen molar-refractivity contribution in [2.24, 2.45) is 5.92 Å². The number of carbonyl (C=O) groups is 2. The lowest BCUT2D eigenvalue weighted by Crippen LogP contribution is -2.48. The zero-order chi connectivity index (χ0) is 36.4. The highest BCUT2D eigenvalue weighted by molar-refractivity contribution is 5.90. The Morgan fingerprint density at radius 3 is 2.16 bits per heavy atom. The van der Waals surface area contributed by atoms with Crippen molar-refractivity contribution in [2.75, 3.05) is 41.5 Å². The van der Waals surface area contributed by atoms with E-state index in [0.717, 1.165) is 0 Å². The number of carboxylic acid groups (broad SMARTS) is 1. The molecule has 0 aliphatic carbocycles. The van der Waals surface area contributed by atoms with Gasteiger partial charge in [-0.15, -0.1) is 0 Å². The summed E-state index contributed by atoms with van der Waals surface area (Å²) in [6.07, 6.45) is -7.69. The second-order valence-corrected chi connectivity index (χ2v) is 12.2. The van der Waals surface area contributed by atoms with Gasteiger partial charge in [0.25, 0.3) is 0 Å². The normalized spacial score (nSPS) is 18.4. The molecule has 2 aliphatic heterocycles. The van der Waals surface area contributed by atoms with Gasteiger partial charge in [-0.2, -0.15) is 26.3 Å². The number of hydrogen-bond donors (Lipinski definition) is 1. The molecule has 2 aliphatic rings. The molecule has 2 atom stereocenters. The number of fused-ring (bicyclic) bond motifs is 1. The van der Waals surface area contributed by atoms with Crippen molar-refractivity contribution in [3.8, 4) is 5.88 Å². The lowest BCUT2D eigenvalue weighted by molar-refractivity contribution is -0.144. The van der Waals surface area contributed by atoms with Gasteiger partial charge >= 0.3 is 24.4 Å². The number of nitrogens with zero attached hydrogens (tertiary/aromatic N) is 5. The first kappa shape index (κ1) is 36.5. The third kappa shape index (κ3) is 7.83. The number of hydrogen-bond acceptors (Lipinski definition) is 8. The molecule has 1 N–H and O–H groups in total. The largest absolute Gasteiger partial charge is 0.481 e. The monoisotopic (exact) mass is 709 g/mol. The molecular formula is C34H37F6N5O5. The molecule has 16 heteroatoms. The maximum Gasteiger partial charge on any atom is 0.416 e. The molecule has 0 spiro atoms. The van der Waals surface area contributed by atoms with Crippen molar-refractivity contribution in [1.29, 1.82) is 0 Å². The van der Waals surface area contributed by atoms with E-state index in [2.05, 4.69) is 9.97 Å². The van der Waals surface area contributed by atoms with Gasteiger partial charge in [0, 0.05) is 31.7 Å². The number of carbonyl (C=O) groups excluding carboxylic acids is 1. The number of rotatable bonds is 9. The number of carboxylic acids is 1. The van der Waals surface area contributed by atoms with Crippen LogP contribution in [0.1, 0.15) is 68.0 Å². The van der Waals surface area contributed by atoms with E-state index in [0.29, 0.717) is 61.6 Å². The third-order valence-corrected chi connectivity index (χ3v) is 9.07. The Morgan fingerprint density at radius 1 is 0.980 bits per heavy atom. The summed E-state index contributed by atoms with van der Waals surface area (Å²) in [6, 6.07) is 6.71. The maximum atomic E-state index is 13.9. The lowest BCUT2D eigenvalue weighted by atomic mass is 9.91. The van der Waals surface area contributed by atoms with E-state index in [-0.39, 0.29) is 36.4 Å². The molecule has 1 aromatic carbocycles. The second kappa shape index (κ2) is 14.6. The molecule has 1 unspecified atom stereocenters. The SMILES string of the molecule is CCOC(=O)N1c2ccc(OC)nc2C(N(Cc2cc(C(F)(F)F)cc(C(F)(F)F)c2)c2ccc(N3CCC(C(=O)O)CC3)cn2)C[C@H]1CC. The smallest absolute Gasteiger partial charge is 0.416 e. The maximum absolute atomic E-state index is 13.9. The summed E-state index contributed by atoms with van der Waals surface area (Å²) < 4.78 is 94.1. The fourth-order valence-corrected chi connectivity index (χ4v) is 6.53. The summed E-state index contributed by atoms with van der Waals surface area (Å²) in [5.41, 5.74) is -1.82. The number of ether oxygens (including phenoxy) is 2. The number of benzene rings is 1. The predicted molar refractivity (Wildman–Crippen MR) is 171 cm³/mol. The third-order valence-electron chi connectivity index (χ3n) is 9.07. The summed E-state index contributed by atoms with van der Waals surface area (Å²) in [4.78, 5) is 38.9. The van der Waals surface area contributed by atoms with E-state index in [1.165, 1.54) is 12.0 Å². The molecule has 4 heterocycles. The van der Waals surface area contributed by atoms with E-state index < -0.39 is 60.1 Å². The average Bonchev–Trinajstić information content (AvgIpc) is 3.09. The zero-order valence-corrected chi connectivity index (χ0v) is 27.6. The van der Waals surface area contributed by atoms with Crippen LogP contribution < -0.4 is 19.4 Å². The van der Waals surface area contributed by atoms with Crippen molar-refractivity contribution in [2.45, 2.75) is 70.5 Å². The fourth-order valence-electron chi connectivity index (χ4n) is 6.53. The van der Waals surface area contributed by atoms with Crippen molar-refractivity contribution in [1.82, 2.24) is 9.97 Å². The first-order valence-electron chi connectivity index (χ1n) is 16.1. The minimum atomic E-state index is -5.05. The molecule has 1 saturated heterocycles. The summed E-state index contributed by atoms with van der Waals surface area (Å²) in [5, 5.41) is 9.37. The van der Waals surface area contributed by atoms with E-state index in [9.17, 15) is 41.0 Å².